The van der Waals surface area contributed by atoms with Gasteiger partial charge in [0.15, 0.2) is 0 Å². The van der Waals surface area contributed by atoms with Gasteiger partial charge in [-0.25, -0.2) is 4.79 Å². The molecule has 8 heteroatoms. The second kappa shape index (κ2) is 6.79. The zero-order valence-electron chi connectivity index (χ0n) is 14.3. The number of anilines is 2. The molecule has 0 unspecified atom stereocenters. The van der Waals surface area contributed by atoms with Crippen molar-refractivity contribution in [3.05, 3.63) is 34.8 Å². The molecule has 2 N–H and O–H groups in total. The van der Waals surface area contributed by atoms with Crippen LogP contribution in [-0.4, -0.2) is 27.8 Å². The number of nitrogens with zero attached hydrogens (tertiary/aromatic N) is 2. The van der Waals surface area contributed by atoms with Gasteiger partial charge in [-0.1, -0.05) is 11.3 Å². The van der Waals surface area contributed by atoms with Gasteiger partial charge >= 0.3 is 6.09 Å². The average molecular weight is 360 g/mol. The van der Waals surface area contributed by atoms with Gasteiger partial charge in [-0.3, -0.25) is 15.4 Å². The van der Waals surface area contributed by atoms with Crippen molar-refractivity contribution in [2.45, 2.75) is 45.1 Å². The topological polar surface area (TPSA) is 93.2 Å². The Hall–Kier alpha value is -2.48. The van der Waals surface area contributed by atoms with E-state index in [2.05, 4.69) is 20.8 Å². The first-order valence-electron chi connectivity index (χ1n) is 8.05. The van der Waals surface area contributed by atoms with Gasteiger partial charge in [-0.2, -0.15) is 0 Å². The van der Waals surface area contributed by atoms with Crippen molar-refractivity contribution in [3.63, 3.8) is 0 Å². The predicted molar refractivity (Wildman–Crippen MR) is 96.1 cm³/mol. The number of carbonyl (C=O) groups is 2. The summed E-state index contributed by atoms with van der Waals surface area (Å²) < 4.78 is 5.18. The molecule has 2 aromatic rings. The Balaban J connectivity index is 1.57. The number of hydrogen-bond acceptors (Lipinski definition) is 6. The van der Waals surface area contributed by atoms with Crippen LogP contribution in [0.1, 0.15) is 54.9 Å². The molecule has 1 aromatic carbocycles. The lowest BCUT2D eigenvalue weighted by Crippen LogP contribution is -2.27. The largest absolute Gasteiger partial charge is 0.444 e. The highest BCUT2D eigenvalue weighted by molar-refractivity contribution is 7.15. The Morgan fingerprint density at radius 3 is 2.40 bits per heavy atom. The molecule has 0 aliphatic heterocycles. The van der Waals surface area contributed by atoms with E-state index in [4.69, 9.17) is 4.74 Å². The molecule has 0 atom stereocenters. The van der Waals surface area contributed by atoms with Gasteiger partial charge in [0, 0.05) is 17.2 Å². The van der Waals surface area contributed by atoms with E-state index in [1.807, 2.05) is 0 Å². The number of carbonyl (C=O) groups excluding carboxylic acids is 2. The Morgan fingerprint density at radius 1 is 1.12 bits per heavy atom. The molecule has 7 nitrogen and oxygen atoms in total. The molecule has 1 fully saturated rings. The number of aromatic nitrogens is 2. The first kappa shape index (κ1) is 17.3. The van der Waals surface area contributed by atoms with Crippen molar-refractivity contribution in [1.29, 1.82) is 0 Å². The number of rotatable bonds is 4. The summed E-state index contributed by atoms with van der Waals surface area (Å²) in [7, 11) is 0. The molecule has 3 rings (SSSR count). The van der Waals surface area contributed by atoms with Crippen molar-refractivity contribution in [2.24, 2.45) is 0 Å². The van der Waals surface area contributed by atoms with Gasteiger partial charge in [0.1, 0.15) is 10.6 Å². The lowest BCUT2D eigenvalue weighted by molar-refractivity contribution is 0.0636. The molecule has 1 aromatic heterocycles. The van der Waals surface area contributed by atoms with Crippen LogP contribution in [0.2, 0.25) is 0 Å². The van der Waals surface area contributed by atoms with Crippen molar-refractivity contribution >= 4 is 34.2 Å². The minimum Gasteiger partial charge on any atom is -0.444 e. The zero-order valence-corrected chi connectivity index (χ0v) is 15.1. The van der Waals surface area contributed by atoms with Crippen molar-refractivity contribution in [1.82, 2.24) is 10.2 Å². The van der Waals surface area contributed by atoms with Crippen LogP contribution in [0.25, 0.3) is 0 Å². The van der Waals surface area contributed by atoms with Gasteiger partial charge in [-0.15, -0.1) is 10.2 Å². The van der Waals surface area contributed by atoms with E-state index >= 15 is 0 Å². The quantitative estimate of drug-likeness (QED) is 0.859. The Labute approximate surface area is 149 Å². The molecule has 1 aliphatic carbocycles. The summed E-state index contributed by atoms with van der Waals surface area (Å²) in [4.78, 5) is 24.0. The molecule has 1 saturated carbocycles. The third-order valence-corrected chi connectivity index (χ3v) is 4.38. The van der Waals surface area contributed by atoms with Gasteiger partial charge in [0.25, 0.3) is 5.91 Å². The van der Waals surface area contributed by atoms with E-state index in [0.29, 0.717) is 22.3 Å². The van der Waals surface area contributed by atoms with E-state index in [9.17, 15) is 9.59 Å². The standard InChI is InChI=1S/C17H20N4O3S/c1-17(2,3)24-16(23)18-12-8-6-10(7-9-12)13(22)19-15-21-20-14(25-15)11-4-5-11/h6-9,11H,4-5H2,1-3H3,(H,18,23)(H,19,21,22). The number of amides is 2. The molecule has 0 radical (unpaired) electrons. The third kappa shape index (κ3) is 4.99. The highest BCUT2D eigenvalue weighted by atomic mass is 32.1. The smallest absolute Gasteiger partial charge is 0.412 e. The number of nitrogens with one attached hydrogen (secondary N) is 2. The van der Waals surface area contributed by atoms with Crippen LogP contribution < -0.4 is 10.6 Å². The maximum atomic E-state index is 12.2. The van der Waals surface area contributed by atoms with Gasteiger partial charge in [0.2, 0.25) is 5.13 Å². The number of benzene rings is 1. The SMILES string of the molecule is CC(C)(C)OC(=O)Nc1ccc(C(=O)Nc2nnc(C3CC3)s2)cc1. The molecule has 1 aliphatic rings. The highest BCUT2D eigenvalue weighted by Crippen LogP contribution is 2.42. The van der Waals surface area contributed by atoms with Crippen LogP contribution in [0.4, 0.5) is 15.6 Å². The average Bonchev–Trinajstić information content (AvgIpc) is 3.26. The summed E-state index contributed by atoms with van der Waals surface area (Å²) in [6, 6.07) is 6.55. The minimum atomic E-state index is -0.565. The lowest BCUT2D eigenvalue weighted by atomic mass is 10.2. The van der Waals surface area contributed by atoms with Gasteiger partial charge < -0.3 is 4.74 Å². The fraction of sp³-hybridized carbons (Fsp3) is 0.412. The summed E-state index contributed by atoms with van der Waals surface area (Å²) in [5, 5.41) is 14.9. The van der Waals surface area contributed by atoms with E-state index in [1.165, 1.54) is 11.3 Å². The maximum absolute atomic E-state index is 12.2. The maximum Gasteiger partial charge on any atom is 0.412 e. The van der Waals surface area contributed by atoms with Crippen LogP contribution in [-0.2, 0) is 4.74 Å². The third-order valence-electron chi connectivity index (χ3n) is 3.38. The molecule has 1 heterocycles. The summed E-state index contributed by atoms with van der Waals surface area (Å²) in [5.74, 6) is 0.253. The molecule has 132 valence electrons. The number of ether oxygens (including phenoxy) is 1. The van der Waals surface area contributed by atoms with Crippen molar-refractivity contribution in [2.75, 3.05) is 10.6 Å². The summed E-state index contributed by atoms with van der Waals surface area (Å²) in [5.41, 5.74) is 0.459. The van der Waals surface area contributed by atoms with Crippen LogP contribution >= 0.6 is 11.3 Å². The minimum absolute atomic E-state index is 0.262. The second-order valence-electron chi connectivity index (χ2n) is 6.88. The molecular formula is C17H20N4O3S. The fourth-order valence-corrected chi connectivity index (χ4v) is 2.98. The summed E-state index contributed by atoms with van der Waals surface area (Å²) >= 11 is 1.42. The Morgan fingerprint density at radius 2 is 1.80 bits per heavy atom. The van der Waals surface area contributed by atoms with Gasteiger partial charge in [-0.05, 0) is 57.9 Å². The first-order valence-corrected chi connectivity index (χ1v) is 8.86. The molecule has 0 spiro atoms. The molecule has 2 amide bonds. The van der Waals surface area contributed by atoms with E-state index in [-0.39, 0.29) is 5.91 Å². The first-order chi connectivity index (χ1) is 11.8. The highest BCUT2D eigenvalue weighted by Gasteiger charge is 2.27. The predicted octanol–water partition coefficient (Wildman–Crippen LogP) is 4.01. The molecule has 0 bridgehead atoms. The van der Waals surface area contributed by atoms with Crippen molar-refractivity contribution < 1.29 is 14.3 Å². The fourth-order valence-electron chi connectivity index (χ4n) is 2.08. The van der Waals surface area contributed by atoms with E-state index in [1.54, 1.807) is 45.0 Å². The van der Waals surface area contributed by atoms with Crippen LogP contribution in [0.15, 0.2) is 24.3 Å². The second-order valence-corrected chi connectivity index (χ2v) is 7.89. The van der Waals surface area contributed by atoms with Crippen molar-refractivity contribution in [3.8, 4) is 0 Å². The van der Waals surface area contributed by atoms with Crippen LogP contribution in [0, 0.1) is 0 Å². The van der Waals surface area contributed by atoms with Crippen LogP contribution in [0.3, 0.4) is 0 Å². The number of hydrogen-bond donors (Lipinski definition) is 2. The lowest BCUT2D eigenvalue weighted by Gasteiger charge is -2.19. The molecule has 25 heavy (non-hydrogen) atoms. The Bertz CT molecular complexity index is 776. The Kier molecular flexibility index (Phi) is 4.71. The normalized spacial score (nSPS) is 14.0. The van der Waals surface area contributed by atoms with E-state index in [0.717, 1.165) is 17.8 Å². The monoisotopic (exact) mass is 360 g/mol. The van der Waals surface area contributed by atoms with Gasteiger partial charge in [0.05, 0.1) is 0 Å². The summed E-state index contributed by atoms with van der Waals surface area (Å²) in [6.45, 7) is 5.38. The summed E-state index contributed by atoms with van der Waals surface area (Å²) in [6.07, 6.45) is 1.76. The zero-order chi connectivity index (χ0) is 18.0. The van der Waals surface area contributed by atoms with Crippen LogP contribution in [0.5, 0.6) is 0 Å². The van der Waals surface area contributed by atoms with E-state index < -0.39 is 11.7 Å². The molecule has 0 saturated heterocycles. The molecular weight excluding hydrogens is 340 g/mol.